The fraction of sp³-hybridized carbons (Fsp3) is 0.214. The molecule has 88 valence electrons. The molecule has 2 aromatic rings. The van der Waals surface area contributed by atoms with Crippen LogP contribution in [0.25, 0.3) is 0 Å². The average Bonchev–Trinajstić information content (AvgIpc) is 2.32. The van der Waals surface area contributed by atoms with E-state index >= 15 is 0 Å². The van der Waals surface area contributed by atoms with Crippen LogP contribution in [-0.2, 0) is 0 Å². The average molecular weight is 231 g/mol. The highest BCUT2D eigenvalue weighted by molar-refractivity contribution is 5.32. The van der Waals surface area contributed by atoms with Crippen molar-refractivity contribution >= 4 is 0 Å². The van der Waals surface area contributed by atoms with Crippen LogP contribution < -0.4 is 0 Å². The third-order valence-electron chi connectivity index (χ3n) is 2.70. The zero-order chi connectivity index (χ0) is 12.4. The first-order chi connectivity index (χ1) is 8.08. The molecule has 17 heavy (non-hydrogen) atoms. The Balaban J connectivity index is 2.39. The van der Waals surface area contributed by atoms with Crippen LogP contribution in [0.2, 0.25) is 0 Å². The van der Waals surface area contributed by atoms with E-state index in [1.807, 2.05) is 13.8 Å². The van der Waals surface area contributed by atoms with Crippen LogP contribution in [0.3, 0.4) is 0 Å². The summed E-state index contributed by atoms with van der Waals surface area (Å²) in [6, 6.07) is 8.26. The van der Waals surface area contributed by atoms with Crippen molar-refractivity contribution in [3.05, 3.63) is 64.7 Å². The lowest BCUT2D eigenvalue weighted by atomic mass is 10.0. The normalized spacial score (nSPS) is 12.5. The van der Waals surface area contributed by atoms with E-state index in [1.165, 1.54) is 6.07 Å². The van der Waals surface area contributed by atoms with Gasteiger partial charge in [-0.1, -0.05) is 23.8 Å². The van der Waals surface area contributed by atoms with E-state index in [0.717, 1.165) is 11.3 Å². The van der Waals surface area contributed by atoms with Gasteiger partial charge < -0.3 is 5.11 Å². The molecule has 0 radical (unpaired) electrons. The molecule has 1 N–H and O–H groups in total. The Morgan fingerprint density at radius 2 is 1.94 bits per heavy atom. The van der Waals surface area contributed by atoms with E-state index in [9.17, 15) is 9.50 Å². The number of hydrogen-bond acceptors (Lipinski definition) is 2. The molecule has 0 saturated carbocycles. The number of hydrogen-bond donors (Lipinski definition) is 1. The Bertz CT molecular complexity index is 522. The van der Waals surface area contributed by atoms with Gasteiger partial charge in [0.15, 0.2) is 0 Å². The first-order valence-corrected chi connectivity index (χ1v) is 5.44. The molecule has 0 aliphatic rings. The van der Waals surface area contributed by atoms with Gasteiger partial charge in [0.1, 0.15) is 11.9 Å². The van der Waals surface area contributed by atoms with Gasteiger partial charge in [-0.3, -0.25) is 4.98 Å². The molecule has 0 fully saturated rings. The van der Waals surface area contributed by atoms with Gasteiger partial charge in [-0.25, -0.2) is 4.39 Å². The minimum Gasteiger partial charge on any atom is -0.383 e. The Kier molecular flexibility index (Phi) is 3.20. The summed E-state index contributed by atoms with van der Waals surface area (Å²) in [6.07, 6.45) is 0.602. The summed E-state index contributed by atoms with van der Waals surface area (Å²) in [5.41, 5.74) is 2.67. The van der Waals surface area contributed by atoms with Crippen molar-refractivity contribution in [2.75, 3.05) is 0 Å². The van der Waals surface area contributed by atoms with Gasteiger partial charge in [0.05, 0.1) is 0 Å². The highest BCUT2D eigenvalue weighted by atomic mass is 19.1. The van der Waals surface area contributed by atoms with E-state index < -0.39 is 11.9 Å². The second-order valence-corrected chi connectivity index (χ2v) is 4.16. The van der Waals surface area contributed by atoms with Gasteiger partial charge in [-0.2, -0.15) is 0 Å². The molecule has 1 heterocycles. The van der Waals surface area contributed by atoms with Crippen molar-refractivity contribution in [2.24, 2.45) is 0 Å². The molecule has 0 aliphatic carbocycles. The smallest absolute Gasteiger partial charge is 0.129 e. The molecule has 0 aliphatic heterocycles. The lowest BCUT2D eigenvalue weighted by Crippen LogP contribution is -2.03. The van der Waals surface area contributed by atoms with E-state index in [1.54, 1.807) is 30.5 Å². The van der Waals surface area contributed by atoms with Crippen molar-refractivity contribution in [2.45, 2.75) is 20.0 Å². The van der Waals surface area contributed by atoms with Crippen LogP contribution >= 0.6 is 0 Å². The van der Waals surface area contributed by atoms with Crippen molar-refractivity contribution in [1.82, 2.24) is 4.98 Å². The molecule has 1 aromatic carbocycles. The Hall–Kier alpha value is -1.74. The SMILES string of the molecule is Cc1ccc(F)c(C(O)c2ccc(C)nc2)c1. The number of nitrogens with zero attached hydrogens (tertiary/aromatic N) is 1. The van der Waals surface area contributed by atoms with Crippen LogP contribution in [0.15, 0.2) is 36.5 Å². The first-order valence-electron chi connectivity index (χ1n) is 5.44. The highest BCUT2D eigenvalue weighted by Gasteiger charge is 2.15. The fourth-order valence-electron chi connectivity index (χ4n) is 1.69. The number of aliphatic hydroxyl groups excluding tert-OH is 1. The summed E-state index contributed by atoms with van der Waals surface area (Å²) in [5, 5.41) is 10.1. The second-order valence-electron chi connectivity index (χ2n) is 4.16. The van der Waals surface area contributed by atoms with Crippen molar-refractivity contribution in [3.8, 4) is 0 Å². The zero-order valence-electron chi connectivity index (χ0n) is 9.81. The third kappa shape index (κ3) is 2.50. The van der Waals surface area contributed by atoms with E-state index in [4.69, 9.17) is 0 Å². The quantitative estimate of drug-likeness (QED) is 0.862. The maximum Gasteiger partial charge on any atom is 0.129 e. The first kappa shape index (κ1) is 11.7. The predicted molar refractivity (Wildman–Crippen MR) is 64.2 cm³/mol. The van der Waals surface area contributed by atoms with Crippen LogP contribution in [0.1, 0.15) is 28.5 Å². The molecule has 0 amide bonds. The highest BCUT2D eigenvalue weighted by Crippen LogP contribution is 2.24. The van der Waals surface area contributed by atoms with Gasteiger partial charge in [0.2, 0.25) is 0 Å². The summed E-state index contributed by atoms with van der Waals surface area (Å²) < 4.78 is 13.6. The van der Waals surface area contributed by atoms with Gasteiger partial charge in [0.25, 0.3) is 0 Å². The molecular weight excluding hydrogens is 217 g/mol. The van der Waals surface area contributed by atoms with Crippen LogP contribution in [0, 0.1) is 19.7 Å². The van der Waals surface area contributed by atoms with Gasteiger partial charge >= 0.3 is 0 Å². The van der Waals surface area contributed by atoms with Crippen molar-refractivity contribution in [3.63, 3.8) is 0 Å². The van der Waals surface area contributed by atoms with Crippen LogP contribution in [-0.4, -0.2) is 10.1 Å². The number of halogens is 1. The largest absolute Gasteiger partial charge is 0.383 e. The monoisotopic (exact) mass is 231 g/mol. The van der Waals surface area contributed by atoms with Gasteiger partial charge in [-0.05, 0) is 26.0 Å². The minimum atomic E-state index is -0.969. The van der Waals surface area contributed by atoms with Crippen LogP contribution in [0.4, 0.5) is 4.39 Å². The molecule has 2 nitrogen and oxygen atoms in total. The fourth-order valence-corrected chi connectivity index (χ4v) is 1.69. The molecule has 3 heteroatoms. The molecule has 0 bridgehead atoms. The van der Waals surface area contributed by atoms with Crippen molar-refractivity contribution in [1.29, 1.82) is 0 Å². The van der Waals surface area contributed by atoms with E-state index in [-0.39, 0.29) is 5.56 Å². The molecule has 2 rings (SSSR count). The summed E-state index contributed by atoms with van der Waals surface area (Å²) in [7, 11) is 0. The lowest BCUT2D eigenvalue weighted by molar-refractivity contribution is 0.214. The van der Waals surface area contributed by atoms with Crippen molar-refractivity contribution < 1.29 is 9.50 Å². The predicted octanol–water partition coefficient (Wildman–Crippen LogP) is 2.92. The number of aromatic nitrogens is 1. The maximum absolute atomic E-state index is 13.6. The lowest BCUT2D eigenvalue weighted by Gasteiger charge is -2.12. The molecule has 1 atom stereocenters. The third-order valence-corrected chi connectivity index (χ3v) is 2.70. The number of pyridine rings is 1. The Morgan fingerprint density at radius 1 is 1.18 bits per heavy atom. The summed E-state index contributed by atoms with van der Waals surface area (Å²) >= 11 is 0. The zero-order valence-corrected chi connectivity index (χ0v) is 9.81. The van der Waals surface area contributed by atoms with E-state index in [2.05, 4.69) is 4.98 Å². The Labute approximate surface area is 99.8 Å². The number of rotatable bonds is 2. The standard InChI is InChI=1S/C14H14FNO/c1-9-3-6-13(15)12(7-9)14(17)11-5-4-10(2)16-8-11/h3-8,14,17H,1-2H3. The maximum atomic E-state index is 13.6. The topological polar surface area (TPSA) is 33.1 Å². The summed E-state index contributed by atoms with van der Waals surface area (Å²) in [6.45, 7) is 3.73. The van der Waals surface area contributed by atoms with Gasteiger partial charge in [-0.15, -0.1) is 0 Å². The summed E-state index contributed by atoms with van der Waals surface area (Å²) in [5.74, 6) is -0.399. The minimum absolute atomic E-state index is 0.288. The number of aliphatic hydroxyl groups is 1. The van der Waals surface area contributed by atoms with Gasteiger partial charge in [0, 0.05) is 23.0 Å². The molecule has 0 saturated heterocycles. The molecular formula is C14H14FNO. The molecule has 1 unspecified atom stereocenters. The number of benzene rings is 1. The Morgan fingerprint density at radius 3 is 2.59 bits per heavy atom. The molecule has 1 aromatic heterocycles. The summed E-state index contributed by atoms with van der Waals surface area (Å²) in [4.78, 5) is 4.10. The number of aryl methyl sites for hydroxylation is 2. The second kappa shape index (κ2) is 4.63. The van der Waals surface area contributed by atoms with E-state index in [0.29, 0.717) is 5.56 Å². The van der Waals surface area contributed by atoms with Crippen LogP contribution in [0.5, 0.6) is 0 Å². The molecule has 0 spiro atoms.